The van der Waals surface area contributed by atoms with E-state index in [1.807, 2.05) is 24.3 Å². The summed E-state index contributed by atoms with van der Waals surface area (Å²) in [7, 11) is 0. The van der Waals surface area contributed by atoms with Crippen LogP contribution in [-0.4, -0.2) is 42.0 Å². The molecule has 5 heteroatoms. The third-order valence-corrected chi connectivity index (χ3v) is 4.44. The number of hydrogen-bond acceptors (Lipinski definition) is 5. The number of carbonyl (C=O) groups excluding carboxylic acids is 1. The molecule has 2 aromatic rings. The first-order valence-corrected chi connectivity index (χ1v) is 7.96. The lowest BCUT2D eigenvalue weighted by Gasteiger charge is -2.25. The highest BCUT2D eigenvalue weighted by Crippen LogP contribution is 2.23. The molecule has 110 valence electrons. The van der Waals surface area contributed by atoms with Gasteiger partial charge in [0.2, 0.25) is 0 Å². The van der Waals surface area contributed by atoms with Crippen molar-refractivity contribution in [3.8, 4) is 11.3 Å². The molecule has 0 spiro atoms. The highest BCUT2D eigenvalue weighted by atomic mass is 32.1. The van der Waals surface area contributed by atoms with Crippen LogP contribution < -0.4 is 0 Å². The summed E-state index contributed by atoms with van der Waals surface area (Å²) in [6, 6.07) is 7.64. The second kappa shape index (κ2) is 6.47. The first kappa shape index (κ1) is 14.4. The minimum absolute atomic E-state index is 0.0906. The molecule has 0 aliphatic carbocycles. The maximum atomic E-state index is 11.3. The lowest BCUT2D eigenvalue weighted by Crippen LogP contribution is -2.35. The SMILES string of the molecule is CC(=O)c1ccc(-c2csc(CN3CCOCC3)n2)cc1. The second-order valence-electron chi connectivity index (χ2n) is 5.15. The van der Waals surface area contributed by atoms with Crippen LogP contribution in [0.15, 0.2) is 29.6 Å². The van der Waals surface area contributed by atoms with Gasteiger partial charge in [0.25, 0.3) is 0 Å². The number of aromatic nitrogens is 1. The summed E-state index contributed by atoms with van der Waals surface area (Å²) >= 11 is 1.69. The predicted molar refractivity (Wildman–Crippen MR) is 83.7 cm³/mol. The third kappa shape index (κ3) is 3.56. The van der Waals surface area contributed by atoms with Crippen molar-refractivity contribution in [3.63, 3.8) is 0 Å². The van der Waals surface area contributed by atoms with E-state index in [9.17, 15) is 4.79 Å². The van der Waals surface area contributed by atoms with Gasteiger partial charge < -0.3 is 4.74 Å². The fourth-order valence-corrected chi connectivity index (χ4v) is 3.19. The smallest absolute Gasteiger partial charge is 0.159 e. The van der Waals surface area contributed by atoms with Gasteiger partial charge in [-0.05, 0) is 6.92 Å². The maximum absolute atomic E-state index is 11.3. The normalized spacial score (nSPS) is 16.0. The molecule has 4 nitrogen and oxygen atoms in total. The third-order valence-electron chi connectivity index (χ3n) is 3.60. The van der Waals surface area contributed by atoms with E-state index in [1.165, 1.54) is 0 Å². The molecule has 0 radical (unpaired) electrons. The van der Waals surface area contributed by atoms with Gasteiger partial charge in [0.15, 0.2) is 5.78 Å². The number of morpholine rings is 1. The average Bonchev–Trinajstić information content (AvgIpc) is 2.97. The molecule has 21 heavy (non-hydrogen) atoms. The molecular formula is C16H18N2O2S. The number of carbonyl (C=O) groups is 1. The number of ether oxygens (including phenoxy) is 1. The van der Waals surface area contributed by atoms with Gasteiger partial charge in [-0.15, -0.1) is 11.3 Å². The van der Waals surface area contributed by atoms with Crippen LogP contribution in [0.25, 0.3) is 11.3 Å². The van der Waals surface area contributed by atoms with E-state index in [0.717, 1.165) is 54.7 Å². The van der Waals surface area contributed by atoms with Crippen molar-refractivity contribution in [2.24, 2.45) is 0 Å². The van der Waals surface area contributed by atoms with E-state index in [1.54, 1.807) is 18.3 Å². The largest absolute Gasteiger partial charge is 0.379 e. The summed E-state index contributed by atoms with van der Waals surface area (Å²) in [6.07, 6.45) is 0. The molecule has 0 atom stereocenters. The van der Waals surface area contributed by atoms with Crippen LogP contribution in [0.1, 0.15) is 22.3 Å². The van der Waals surface area contributed by atoms with Crippen LogP contribution in [0, 0.1) is 0 Å². The number of benzene rings is 1. The average molecular weight is 302 g/mol. The summed E-state index contributed by atoms with van der Waals surface area (Å²) in [6.45, 7) is 6.04. The number of thiazole rings is 1. The summed E-state index contributed by atoms with van der Waals surface area (Å²) in [5.41, 5.74) is 2.78. The molecule has 1 aromatic carbocycles. The first-order chi connectivity index (χ1) is 10.2. The minimum Gasteiger partial charge on any atom is -0.379 e. The standard InChI is InChI=1S/C16H18N2O2S/c1-12(19)13-2-4-14(5-3-13)15-11-21-16(17-15)10-18-6-8-20-9-7-18/h2-5,11H,6-10H2,1H3. The van der Waals surface area contributed by atoms with Gasteiger partial charge in [-0.1, -0.05) is 24.3 Å². The zero-order chi connectivity index (χ0) is 14.7. The monoisotopic (exact) mass is 302 g/mol. The molecular weight excluding hydrogens is 284 g/mol. The molecule has 1 aliphatic heterocycles. The van der Waals surface area contributed by atoms with Gasteiger partial charge in [-0.25, -0.2) is 4.98 Å². The van der Waals surface area contributed by atoms with Crippen LogP contribution in [0.4, 0.5) is 0 Å². The molecule has 0 N–H and O–H groups in total. The first-order valence-electron chi connectivity index (χ1n) is 7.08. The van der Waals surface area contributed by atoms with E-state index < -0.39 is 0 Å². The van der Waals surface area contributed by atoms with Crippen LogP contribution in [-0.2, 0) is 11.3 Å². The van der Waals surface area contributed by atoms with Gasteiger partial charge in [-0.3, -0.25) is 9.69 Å². The molecule has 0 amide bonds. The lowest BCUT2D eigenvalue weighted by molar-refractivity contribution is 0.0342. The van der Waals surface area contributed by atoms with Gasteiger partial charge in [0.1, 0.15) is 5.01 Å². The van der Waals surface area contributed by atoms with Crippen LogP contribution in [0.3, 0.4) is 0 Å². The summed E-state index contributed by atoms with van der Waals surface area (Å²) in [5, 5.41) is 3.21. The van der Waals surface area contributed by atoms with Crippen molar-refractivity contribution in [2.75, 3.05) is 26.3 Å². The number of rotatable bonds is 4. The number of Topliss-reactive ketones (excluding diaryl/α,β-unsaturated/α-hetero) is 1. The molecule has 1 aromatic heterocycles. The highest BCUT2D eigenvalue weighted by Gasteiger charge is 2.13. The fraction of sp³-hybridized carbons (Fsp3) is 0.375. The van der Waals surface area contributed by atoms with E-state index in [4.69, 9.17) is 9.72 Å². The van der Waals surface area contributed by atoms with Crippen molar-refractivity contribution in [1.82, 2.24) is 9.88 Å². The zero-order valence-electron chi connectivity index (χ0n) is 12.0. The molecule has 2 heterocycles. The van der Waals surface area contributed by atoms with Crippen LogP contribution >= 0.6 is 11.3 Å². The zero-order valence-corrected chi connectivity index (χ0v) is 12.9. The maximum Gasteiger partial charge on any atom is 0.159 e. The van der Waals surface area contributed by atoms with Crippen LogP contribution in [0.5, 0.6) is 0 Å². The number of ketones is 1. The summed E-state index contributed by atoms with van der Waals surface area (Å²) in [4.78, 5) is 18.4. The van der Waals surface area contributed by atoms with Gasteiger partial charge in [-0.2, -0.15) is 0 Å². The topological polar surface area (TPSA) is 42.4 Å². The predicted octanol–water partition coefficient (Wildman–Crippen LogP) is 2.84. The summed E-state index contributed by atoms with van der Waals surface area (Å²) < 4.78 is 5.36. The Kier molecular flexibility index (Phi) is 4.43. The van der Waals surface area contributed by atoms with Crippen molar-refractivity contribution < 1.29 is 9.53 Å². The Hall–Kier alpha value is -1.56. The summed E-state index contributed by atoms with van der Waals surface area (Å²) in [5.74, 6) is 0.0906. The van der Waals surface area contributed by atoms with Crippen molar-refractivity contribution >= 4 is 17.1 Å². The van der Waals surface area contributed by atoms with E-state index >= 15 is 0 Å². The number of nitrogens with zero attached hydrogens (tertiary/aromatic N) is 2. The van der Waals surface area contributed by atoms with Crippen LogP contribution in [0.2, 0.25) is 0 Å². The quantitative estimate of drug-likeness (QED) is 0.815. The Bertz CT molecular complexity index is 615. The van der Waals surface area contributed by atoms with E-state index in [0.29, 0.717) is 0 Å². The Balaban J connectivity index is 1.70. The molecule has 1 saturated heterocycles. The van der Waals surface area contributed by atoms with Gasteiger partial charge in [0, 0.05) is 29.6 Å². The fourth-order valence-electron chi connectivity index (χ4n) is 2.34. The van der Waals surface area contributed by atoms with Gasteiger partial charge >= 0.3 is 0 Å². The van der Waals surface area contributed by atoms with E-state index in [2.05, 4.69) is 10.3 Å². The van der Waals surface area contributed by atoms with Crippen molar-refractivity contribution in [2.45, 2.75) is 13.5 Å². The molecule has 0 unspecified atom stereocenters. The Morgan fingerprint density at radius 3 is 2.67 bits per heavy atom. The molecule has 0 bridgehead atoms. The van der Waals surface area contributed by atoms with Gasteiger partial charge in [0.05, 0.1) is 25.5 Å². The Morgan fingerprint density at radius 2 is 2.00 bits per heavy atom. The Labute approximate surface area is 128 Å². The van der Waals surface area contributed by atoms with Crippen molar-refractivity contribution in [1.29, 1.82) is 0 Å². The molecule has 3 rings (SSSR count). The Morgan fingerprint density at radius 1 is 1.29 bits per heavy atom. The number of hydrogen-bond donors (Lipinski definition) is 0. The molecule has 1 fully saturated rings. The second-order valence-corrected chi connectivity index (χ2v) is 6.09. The molecule has 1 aliphatic rings. The molecule has 0 saturated carbocycles. The minimum atomic E-state index is 0.0906. The van der Waals surface area contributed by atoms with Crippen molar-refractivity contribution in [3.05, 3.63) is 40.2 Å². The highest BCUT2D eigenvalue weighted by molar-refractivity contribution is 7.09. The van der Waals surface area contributed by atoms with E-state index in [-0.39, 0.29) is 5.78 Å². The lowest BCUT2D eigenvalue weighted by atomic mass is 10.1.